The second kappa shape index (κ2) is 7.40. The molecule has 0 spiro atoms. The van der Waals surface area contributed by atoms with Gasteiger partial charge in [-0.25, -0.2) is 4.79 Å². The van der Waals surface area contributed by atoms with Gasteiger partial charge in [0, 0.05) is 16.9 Å². The molecule has 1 amide bonds. The average molecular weight is 334 g/mol. The summed E-state index contributed by atoms with van der Waals surface area (Å²) in [5.41, 5.74) is 9.26. The first-order valence-corrected chi connectivity index (χ1v) is 7.73. The molecule has 0 fully saturated rings. The first-order valence-electron chi connectivity index (χ1n) is 7.73. The van der Waals surface area contributed by atoms with Gasteiger partial charge >= 0.3 is 6.09 Å². The molecular weight excluding hydrogens is 316 g/mol. The van der Waals surface area contributed by atoms with Crippen molar-refractivity contribution in [1.82, 2.24) is 0 Å². The van der Waals surface area contributed by atoms with Crippen LogP contribution < -0.4 is 20.5 Å². The average Bonchev–Trinajstić information content (AvgIpc) is 2.63. The van der Waals surface area contributed by atoms with Crippen molar-refractivity contribution in [3.63, 3.8) is 0 Å². The lowest BCUT2D eigenvalue weighted by Gasteiger charge is -2.09. The predicted molar refractivity (Wildman–Crippen MR) is 98.9 cm³/mol. The van der Waals surface area contributed by atoms with Gasteiger partial charge < -0.3 is 15.2 Å². The Bertz CT molecular complexity index is 859. The van der Waals surface area contributed by atoms with Gasteiger partial charge in [-0.05, 0) is 48.0 Å². The minimum Gasteiger partial charge on any atom is -0.497 e. The molecule has 0 heterocycles. The van der Waals surface area contributed by atoms with Crippen molar-refractivity contribution in [1.29, 1.82) is 0 Å². The summed E-state index contributed by atoms with van der Waals surface area (Å²) < 4.78 is 10.3. The zero-order valence-electron chi connectivity index (χ0n) is 13.7. The fraction of sp³-hybridized carbons (Fsp3) is 0.0500. The number of nitrogens with two attached hydrogens (primary N) is 1. The summed E-state index contributed by atoms with van der Waals surface area (Å²) in [6.07, 6.45) is -0.558. The molecule has 0 saturated carbocycles. The van der Waals surface area contributed by atoms with E-state index in [1.807, 2.05) is 36.4 Å². The Morgan fingerprint density at radius 3 is 2.16 bits per heavy atom. The van der Waals surface area contributed by atoms with E-state index >= 15 is 0 Å². The molecule has 0 bridgehead atoms. The van der Waals surface area contributed by atoms with Crippen LogP contribution in [0.15, 0.2) is 72.8 Å². The summed E-state index contributed by atoms with van der Waals surface area (Å²) >= 11 is 0. The second-order valence-electron chi connectivity index (χ2n) is 5.35. The molecule has 0 saturated heterocycles. The van der Waals surface area contributed by atoms with Crippen LogP contribution in [0.25, 0.3) is 11.1 Å². The molecule has 0 aliphatic carbocycles. The number of nitrogen functional groups attached to an aromatic ring is 1. The zero-order valence-corrected chi connectivity index (χ0v) is 13.7. The van der Waals surface area contributed by atoms with Gasteiger partial charge in [0.05, 0.1) is 7.11 Å². The fourth-order valence-corrected chi connectivity index (χ4v) is 2.39. The van der Waals surface area contributed by atoms with Gasteiger partial charge in [-0.3, -0.25) is 5.32 Å². The van der Waals surface area contributed by atoms with Crippen molar-refractivity contribution in [3.8, 4) is 22.6 Å². The zero-order chi connectivity index (χ0) is 17.6. The molecule has 0 radical (unpaired) electrons. The van der Waals surface area contributed by atoms with Gasteiger partial charge in [0.2, 0.25) is 0 Å². The van der Waals surface area contributed by atoms with E-state index in [9.17, 15) is 4.79 Å². The molecule has 0 aliphatic heterocycles. The number of para-hydroxylation sites is 1. The largest absolute Gasteiger partial charge is 0.497 e. The number of methoxy groups -OCH3 is 1. The van der Waals surface area contributed by atoms with Crippen molar-refractivity contribution >= 4 is 17.5 Å². The van der Waals surface area contributed by atoms with Crippen LogP contribution in [0.1, 0.15) is 0 Å². The molecule has 0 atom stereocenters. The quantitative estimate of drug-likeness (QED) is 0.686. The third-order valence-corrected chi connectivity index (χ3v) is 3.67. The van der Waals surface area contributed by atoms with Crippen molar-refractivity contribution in [2.75, 3.05) is 18.2 Å². The minimum atomic E-state index is -0.558. The van der Waals surface area contributed by atoms with Gasteiger partial charge in [0.15, 0.2) is 0 Å². The molecule has 126 valence electrons. The van der Waals surface area contributed by atoms with Gasteiger partial charge in [0.25, 0.3) is 0 Å². The molecule has 3 N–H and O–H groups in total. The van der Waals surface area contributed by atoms with Crippen LogP contribution in [-0.4, -0.2) is 13.2 Å². The smallest absolute Gasteiger partial charge is 0.417 e. The Kier molecular flexibility index (Phi) is 4.85. The van der Waals surface area contributed by atoms with Gasteiger partial charge in [-0.1, -0.05) is 30.3 Å². The molecular formula is C20H18N2O3. The van der Waals surface area contributed by atoms with Gasteiger partial charge in [-0.2, -0.15) is 0 Å². The van der Waals surface area contributed by atoms with Crippen LogP contribution in [0.4, 0.5) is 16.2 Å². The third kappa shape index (κ3) is 4.09. The molecule has 5 heteroatoms. The molecule has 0 unspecified atom stereocenters. The van der Waals surface area contributed by atoms with Crippen LogP contribution in [0, 0.1) is 0 Å². The molecule has 3 rings (SSSR count). The lowest BCUT2D eigenvalue weighted by Crippen LogP contribution is -2.16. The predicted octanol–water partition coefficient (Wildman–Crippen LogP) is 4.56. The summed E-state index contributed by atoms with van der Waals surface area (Å²) in [6.45, 7) is 0. The molecule has 0 aromatic heterocycles. The third-order valence-electron chi connectivity index (χ3n) is 3.67. The monoisotopic (exact) mass is 334 g/mol. The molecule has 3 aromatic rings. The number of nitrogens with one attached hydrogen (secondary N) is 1. The number of rotatable bonds is 4. The van der Waals surface area contributed by atoms with Crippen molar-refractivity contribution in [2.24, 2.45) is 0 Å². The highest BCUT2D eigenvalue weighted by Crippen LogP contribution is 2.26. The lowest BCUT2D eigenvalue weighted by atomic mass is 10.0. The number of carbonyl (C=O) groups is 1. The first kappa shape index (κ1) is 16.4. The van der Waals surface area contributed by atoms with Gasteiger partial charge in [0.1, 0.15) is 11.5 Å². The van der Waals surface area contributed by atoms with Crippen LogP contribution in [0.3, 0.4) is 0 Å². The van der Waals surface area contributed by atoms with E-state index in [-0.39, 0.29) is 0 Å². The number of anilines is 2. The van der Waals surface area contributed by atoms with Crippen molar-refractivity contribution < 1.29 is 14.3 Å². The molecule has 0 aliphatic rings. The second-order valence-corrected chi connectivity index (χ2v) is 5.35. The maximum absolute atomic E-state index is 12.0. The van der Waals surface area contributed by atoms with Crippen LogP contribution in [-0.2, 0) is 0 Å². The number of hydrogen-bond acceptors (Lipinski definition) is 4. The van der Waals surface area contributed by atoms with E-state index in [0.29, 0.717) is 22.9 Å². The SMILES string of the molecule is COc1ccc(OC(=O)Nc2ccc(-c3ccccc3N)cc2)cc1. The standard InChI is InChI=1S/C20H18N2O3/c1-24-16-10-12-17(13-11-16)25-20(23)22-15-8-6-14(7-9-15)18-4-2-3-5-19(18)21/h2-13H,21H2,1H3,(H,22,23). The van der Waals surface area contributed by atoms with E-state index in [4.69, 9.17) is 15.2 Å². The highest BCUT2D eigenvalue weighted by Gasteiger charge is 2.07. The van der Waals surface area contributed by atoms with Gasteiger partial charge in [-0.15, -0.1) is 0 Å². The van der Waals surface area contributed by atoms with Crippen LogP contribution in [0.5, 0.6) is 11.5 Å². The first-order chi connectivity index (χ1) is 12.2. The topological polar surface area (TPSA) is 73.6 Å². The highest BCUT2D eigenvalue weighted by atomic mass is 16.6. The number of amides is 1. The lowest BCUT2D eigenvalue weighted by molar-refractivity contribution is 0.215. The number of benzene rings is 3. The Hall–Kier alpha value is -3.47. The molecule has 3 aromatic carbocycles. The van der Waals surface area contributed by atoms with E-state index in [0.717, 1.165) is 11.1 Å². The Labute approximate surface area is 146 Å². The van der Waals surface area contributed by atoms with Crippen LogP contribution in [0.2, 0.25) is 0 Å². The summed E-state index contributed by atoms with van der Waals surface area (Å²) in [6, 6.07) is 21.8. The van der Waals surface area contributed by atoms with Crippen molar-refractivity contribution in [2.45, 2.75) is 0 Å². The fourth-order valence-electron chi connectivity index (χ4n) is 2.39. The summed E-state index contributed by atoms with van der Waals surface area (Å²) in [7, 11) is 1.58. The Balaban J connectivity index is 1.64. The molecule has 5 nitrogen and oxygen atoms in total. The van der Waals surface area contributed by atoms with Crippen LogP contribution >= 0.6 is 0 Å². The molecule has 25 heavy (non-hydrogen) atoms. The van der Waals surface area contributed by atoms with E-state index in [1.165, 1.54) is 0 Å². The van der Waals surface area contributed by atoms with E-state index < -0.39 is 6.09 Å². The van der Waals surface area contributed by atoms with Crippen molar-refractivity contribution in [3.05, 3.63) is 72.8 Å². The number of ether oxygens (including phenoxy) is 2. The number of carbonyl (C=O) groups excluding carboxylic acids is 1. The summed E-state index contributed by atoms with van der Waals surface area (Å²) in [5, 5.41) is 2.69. The highest BCUT2D eigenvalue weighted by molar-refractivity contribution is 5.87. The summed E-state index contributed by atoms with van der Waals surface area (Å²) in [4.78, 5) is 12.0. The maximum atomic E-state index is 12.0. The Morgan fingerprint density at radius 1 is 0.880 bits per heavy atom. The number of hydrogen-bond donors (Lipinski definition) is 2. The maximum Gasteiger partial charge on any atom is 0.417 e. The normalized spacial score (nSPS) is 10.1. The minimum absolute atomic E-state index is 0.437. The Morgan fingerprint density at radius 2 is 1.52 bits per heavy atom. The van der Waals surface area contributed by atoms with E-state index in [2.05, 4.69) is 5.32 Å². The van der Waals surface area contributed by atoms with E-state index in [1.54, 1.807) is 43.5 Å². The summed E-state index contributed by atoms with van der Waals surface area (Å²) in [5.74, 6) is 1.13.